The van der Waals surface area contributed by atoms with Gasteiger partial charge < -0.3 is 11.5 Å². The van der Waals surface area contributed by atoms with E-state index in [0.717, 1.165) is 5.69 Å². The van der Waals surface area contributed by atoms with Gasteiger partial charge in [-0.2, -0.15) is 0 Å². The van der Waals surface area contributed by atoms with Crippen LogP contribution in [-0.4, -0.2) is 12.9 Å². The lowest BCUT2D eigenvalue weighted by molar-refractivity contribution is 1.38. The zero-order valence-electron chi connectivity index (χ0n) is 8.24. The Labute approximate surface area is 116 Å². The van der Waals surface area contributed by atoms with Crippen molar-refractivity contribution in [2.75, 3.05) is 12.8 Å². The van der Waals surface area contributed by atoms with Crippen molar-refractivity contribution in [3.05, 3.63) is 30.3 Å². The van der Waals surface area contributed by atoms with Crippen molar-refractivity contribution in [2.24, 2.45) is 10.7 Å². The van der Waals surface area contributed by atoms with Gasteiger partial charge in [-0.3, -0.25) is 4.99 Å². The van der Waals surface area contributed by atoms with Crippen molar-refractivity contribution >= 4 is 48.8 Å². The molecule has 0 radical (unpaired) electrons. The lowest BCUT2D eigenvalue weighted by Gasteiger charge is -1.83. The molecule has 0 saturated carbocycles. The summed E-state index contributed by atoms with van der Waals surface area (Å²) in [5, 5.41) is 0. The molecule has 0 amide bonds. The number of benzene rings is 1. The van der Waals surface area contributed by atoms with Gasteiger partial charge in [0.25, 0.3) is 0 Å². The maximum absolute atomic E-state index is 5.36. The first-order valence-corrected chi connectivity index (χ1v) is 10.1. The number of nitrogens with two attached hydrogens (primary N) is 2. The van der Waals surface area contributed by atoms with Gasteiger partial charge in [-0.25, -0.2) is 0 Å². The van der Waals surface area contributed by atoms with Crippen LogP contribution in [-0.2, 0) is 0 Å². The number of hydrogen-bond acceptors (Lipinski definition) is 2. The summed E-state index contributed by atoms with van der Waals surface area (Å²) >= 11 is 4.24. The summed E-state index contributed by atoms with van der Waals surface area (Å²) in [6.45, 7) is 1.75. The third-order valence-corrected chi connectivity index (χ3v) is 1.15. The van der Waals surface area contributed by atoms with Crippen molar-refractivity contribution in [2.45, 2.75) is 14.4 Å². The molecule has 0 heterocycles. The maximum Gasteiger partial charge on any atom is 0.0902 e. The largest absolute Gasteiger partial charge is 0.399 e. The molecule has 0 aromatic heterocycles. The molecule has 0 atom stereocenters. The number of rotatable bonds is 0. The lowest BCUT2D eigenvalue weighted by atomic mass is 10.3. The molecule has 0 saturated heterocycles. The Bertz CT molecular complexity index is 234. The summed E-state index contributed by atoms with van der Waals surface area (Å²) in [4.78, 5) is 3.58. The van der Waals surface area contributed by atoms with Gasteiger partial charge in [0.1, 0.15) is 0 Å². The molecule has 1 aromatic carbocycles. The van der Waals surface area contributed by atoms with Crippen LogP contribution in [0, 0.1) is 0 Å². The van der Waals surface area contributed by atoms with Gasteiger partial charge >= 0.3 is 0 Å². The number of nitrogens with zero attached hydrogens (tertiary/aromatic N) is 1. The predicted octanol–water partition coefficient (Wildman–Crippen LogP) is 3.67. The van der Waals surface area contributed by atoms with Crippen LogP contribution in [0.2, 0.25) is 0 Å². The van der Waals surface area contributed by atoms with E-state index in [1.54, 1.807) is 14.0 Å². The molecule has 88 valence electrons. The zero-order valence-corrected chi connectivity index (χ0v) is 12.6. The smallest absolute Gasteiger partial charge is 0.0902 e. The van der Waals surface area contributed by atoms with Crippen LogP contribution in [0.5, 0.6) is 0 Å². The van der Waals surface area contributed by atoms with Gasteiger partial charge in [0, 0.05) is 50.0 Å². The molecule has 0 bridgehead atoms. The number of hydrogen-bond donors (Lipinski definition) is 2. The van der Waals surface area contributed by atoms with E-state index in [9.17, 15) is 0 Å². The van der Waals surface area contributed by atoms with Crippen LogP contribution in [0.4, 0.5) is 5.69 Å². The Morgan fingerprint density at radius 3 is 1.67 bits per heavy atom. The highest BCUT2D eigenvalue weighted by molar-refractivity contribution is 15.0. The van der Waals surface area contributed by atoms with Crippen LogP contribution in [0.15, 0.2) is 35.3 Å². The second-order valence-electron chi connectivity index (χ2n) is 2.28. The average molecular weight is 435 g/mol. The highest BCUT2D eigenvalue weighted by atomic mass is 128. The maximum atomic E-state index is 5.36. The number of para-hydroxylation sites is 1. The monoisotopic (exact) mass is 435 g/mol. The molecule has 0 fully saturated rings. The quantitative estimate of drug-likeness (QED) is 0.283. The van der Waals surface area contributed by atoms with Crippen LogP contribution in [0.1, 0.15) is 14.4 Å². The fourth-order valence-corrected chi connectivity index (χ4v) is 0.453. The summed E-state index contributed by atoms with van der Waals surface area (Å²) < 4.78 is 0. The van der Waals surface area contributed by atoms with Gasteiger partial charge in [0.05, 0.1) is 5.84 Å². The summed E-state index contributed by atoms with van der Waals surface area (Å²) in [5.41, 5.74) is 11.2. The summed E-state index contributed by atoms with van der Waals surface area (Å²) in [6, 6.07) is 9.49. The number of halogens is 2. The van der Waals surface area contributed by atoms with E-state index in [1.165, 1.54) is 0 Å². The van der Waals surface area contributed by atoms with Crippen molar-refractivity contribution in [3.8, 4) is 0 Å². The van der Waals surface area contributed by atoms with E-state index in [-0.39, 0.29) is 7.43 Å². The normalized spacial score (nSPS) is 8.40. The predicted molar refractivity (Wildman–Crippen MR) is 88.8 cm³/mol. The van der Waals surface area contributed by atoms with Gasteiger partial charge in [-0.05, 0) is 19.1 Å². The van der Waals surface area contributed by atoms with Crippen molar-refractivity contribution in [3.63, 3.8) is 0 Å². The van der Waals surface area contributed by atoms with Gasteiger partial charge in [0.2, 0.25) is 0 Å². The molecular weight excluding hydrogens is 416 g/mol. The molecule has 5 heteroatoms. The van der Waals surface area contributed by atoms with E-state index in [4.69, 9.17) is 11.5 Å². The van der Waals surface area contributed by atoms with Crippen LogP contribution in [0.3, 0.4) is 0 Å². The van der Waals surface area contributed by atoms with E-state index in [2.05, 4.69) is 42.2 Å². The fourth-order valence-electron chi connectivity index (χ4n) is 0.453. The molecule has 1 rings (SSSR count). The second-order valence-corrected chi connectivity index (χ2v) is 2.28. The molecule has 4 N–H and O–H groups in total. The molecule has 0 unspecified atom stereocenters. The van der Waals surface area contributed by atoms with E-state index >= 15 is 0 Å². The Morgan fingerprint density at radius 1 is 1.20 bits per heavy atom. The van der Waals surface area contributed by atoms with E-state index < -0.39 is 0 Å². The third-order valence-electron chi connectivity index (χ3n) is 1.15. The summed E-state index contributed by atoms with van der Waals surface area (Å²) in [6.07, 6.45) is 0. The topological polar surface area (TPSA) is 64.4 Å². The summed E-state index contributed by atoms with van der Waals surface area (Å²) in [7, 11) is 1.66. The Balaban J connectivity index is -0.000000162. The highest BCUT2D eigenvalue weighted by Crippen LogP contribution is 1.95. The number of nitrogen functional groups attached to an aromatic ring is 1. The zero-order chi connectivity index (χ0) is 11.4. The third kappa shape index (κ3) is 20.1. The first-order chi connectivity index (χ1) is 6.66. The Morgan fingerprint density at radius 2 is 1.53 bits per heavy atom. The number of aliphatic imine (C=N–C) groups is 1. The van der Waals surface area contributed by atoms with Crippen molar-refractivity contribution in [1.82, 2.24) is 0 Å². The molecule has 0 aliphatic rings. The molecule has 3 nitrogen and oxygen atoms in total. The van der Waals surface area contributed by atoms with Crippen LogP contribution >= 0.6 is 37.2 Å². The van der Waals surface area contributed by atoms with Crippen molar-refractivity contribution in [1.29, 1.82) is 0 Å². The highest BCUT2D eigenvalue weighted by Gasteiger charge is 1.72. The van der Waals surface area contributed by atoms with Crippen molar-refractivity contribution < 1.29 is 0 Å². The molecule has 0 aliphatic carbocycles. The molecule has 15 heavy (non-hydrogen) atoms. The average Bonchev–Trinajstić information content (AvgIpc) is 2.23. The first kappa shape index (κ1) is 20.4. The van der Waals surface area contributed by atoms with E-state index in [0.29, 0.717) is 5.84 Å². The minimum Gasteiger partial charge on any atom is -0.399 e. The summed E-state index contributed by atoms with van der Waals surface area (Å²) in [5.74, 6) is 0.630. The number of anilines is 1. The van der Waals surface area contributed by atoms with Gasteiger partial charge in [0.15, 0.2) is 0 Å². The molecular formula is C10H19I2N3. The number of amidine groups is 1. The first-order valence-electron chi connectivity index (χ1n) is 3.80. The molecule has 0 aliphatic heterocycles. The molecule has 1 aromatic rings. The van der Waals surface area contributed by atoms with Gasteiger partial charge in [-0.1, -0.05) is 25.6 Å². The second kappa shape index (κ2) is 16.4. The SMILES string of the molecule is C.CN=C(C)N.II.Nc1ccccc1. The van der Waals surface area contributed by atoms with Crippen LogP contribution < -0.4 is 11.5 Å². The Hall–Kier alpha value is -0.0500. The minimum atomic E-state index is 0. The van der Waals surface area contributed by atoms with Crippen LogP contribution in [0.25, 0.3) is 0 Å². The standard InChI is InChI=1S/C6H7N.C3H8N2.CH4.I2/c7-6-4-2-1-3-5-6;1-3(4)5-2;;1-2/h1-5H,7H2;1-2H3,(H2,4,5);1H4;. The van der Waals surface area contributed by atoms with E-state index in [1.807, 2.05) is 30.3 Å². The molecule has 0 spiro atoms. The fraction of sp³-hybridized carbons (Fsp3) is 0.300. The minimum absolute atomic E-state index is 0. The van der Waals surface area contributed by atoms with Gasteiger partial charge in [-0.15, -0.1) is 0 Å². The Kier molecular flexibility index (Phi) is 22.3. The lowest BCUT2D eigenvalue weighted by Crippen LogP contribution is -2.03.